The van der Waals surface area contributed by atoms with Crippen molar-refractivity contribution in [3.05, 3.63) is 0 Å². The molecule has 1 aliphatic rings. The normalized spacial score (nSPS) is 18.1. The van der Waals surface area contributed by atoms with Crippen molar-refractivity contribution in [1.82, 2.24) is 0 Å². The van der Waals surface area contributed by atoms with Gasteiger partial charge in [0, 0.05) is 0 Å². The van der Waals surface area contributed by atoms with Crippen LogP contribution in [0.4, 0.5) is 0 Å². The molecule has 1 rings (SSSR count). The quantitative estimate of drug-likeness (QED) is 0.474. The molecule has 0 aromatic heterocycles. The summed E-state index contributed by atoms with van der Waals surface area (Å²) in [6, 6.07) is 0. The first-order valence-corrected chi connectivity index (χ1v) is 4.36. The first kappa shape index (κ1) is 12.9. The Hall–Kier alpha value is -1.14. The molecule has 0 radical (unpaired) electrons. The smallest absolute Gasteiger partial charge is 0.323 e. The molecule has 6 heteroatoms. The third-order valence-corrected chi connectivity index (χ3v) is 2.10. The van der Waals surface area contributed by atoms with Gasteiger partial charge in [-0.15, -0.1) is 0 Å². The van der Waals surface area contributed by atoms with Gasteiger partial charge in [-0.05, 0) is 12.8 Å². The van der Waals surface area contributed by atoms with Crippen LogP contribution in [-0.2, 0) is 9.59 Å². The van der Waals surface area contributed by atoms with Gasteiger partial charge >= 0.3 is 11.9 Å². The molecule has 0 atom stereocenters. The van der Waals surface area contributed by atoms with Gasteiger partial charge in [-0.1, -0.05) is 12.8 Å². The van der Waals surface area contributed by atoms with Gasteiger partial charge in [0.25, 0.3) is 0 Å². The Morgan fingerprint density at radius 1 is 1.21 bits per heavy atom. The molecule has 0 aromatic rings. The van der Waals surface area contributed by atoms with E-state index in [0.29, 0.717) is 12.8 Å². The number of hydrogen-bond acceptors (Lipinski definition) is 4. The van der Waals surface area contributed by atoms with Gasteiger partial charge in [-0.25, -0.2) is 0 Å². The van der Waals surface area contributed by atoms with Crippen molar-refractivity contribution >= 4 is 11.9 Å². The molecule has 0 unspecified atom stereocenters. The van der Waals surface area contributed by atoms with Crippen molar-refractivity contribution in [3.8, 4) is 0 Å². The second-order valence-corrected chi connectivity index (χ2v) is 3.27. The highest BCUT2D eigenvalue weighted by molar-refractivity contribution is 5.78. The lowest BCUT2D eigenvalue weighted by Crippen LogP contribution is -2.44. The van der Waals surface area contributed by atoms with Crippen LogP contribution in [-0.4, -0.2) is 34.2 Å². The summed E-state index contributed by atoms with van der Waals surface area (Å²) in [4.78, 5) is 19.6. The third-order valence-electron chi connectivity index (χ3n) is 2.10. The summed E-state index contributed by atoms with van der Waals surface area (Å²) in [5, 5.41) is 16.1. The second-order valence-electron chi connectivity index (χ2n) is 3.27. The summed E-state index contributed by atoms with van der Waals surface area (Å²) in [5.74, 6) is -1.81. The first-order valence-electron chi connectivity index (χ1n) is 4.36. The lowest BCUT2D eigenvalue weighted by Gasteiger charge is -2.15. The standard InChI is InChI=1S/C6H11NO2.C2H5NO2/c7-6(5(8)9)3-1-2-4-6;3-1-2(4)5/h1-4,7H2,(H,8,9);1,3H2,(H,4,5). The molecule has 1 fully saturated rings. The molecule has 6 N–H and O–H groups in total. The lowest BCUT2D eigenvalue weighted by molar-refractivity contribution is -0.143. The SMILES string of the molecule is NC1(C(=O)O)CCCC1.NCC(=O)O. The minimum atomic E-state index is -0.968. The highest BCUT2D eigenvalue weighted by Gasteiger charge is 2.36. The van der Waals surface area contributed by atoms with Crippen LogP contribution in [0.5, 0.6) is 0 Å². The molecule has 0 aliphatic heterocycles. The van der Waals surface area contributed by atoms with Gasteiger partial charge in [0.1, 0.15) is 5.54 Å². The molecule has 1 saturated carbocycles. The molecular weight excluding hydrogens is 188 g/mol. The van der Waals surface area contributed by atoms with Gasteiger partial charge < -0.3 is 21.7 Å². The Kier molecular flexibility index (Phi) is 5.11. The van der Waals surface area contributed by atoms with E-state index in [0.717, 1.165) is 12.8 Å². The monoisotopic (exact) mass is 204 g/mol. The largest absolute Gasteiger partial charge is 0.480 e. The molecule has 0 bridgehead atoms. The van der Waals surface area contributed by atoms with E-state index in [1.165, 1.54) is 0 Å². The maximum Gasteiger partial charge on any atom is 0.323 e. The van der Waals surface area contributed by atoms with Gasteiger partial charge in [0.05, 0.1) is 6.54 Å². The summed E-state index contributed by atoms with van der Waals surface area (Å²) in [6.07, 6.45) is 3.20. The van der Waals surface area contributed by atoms with E-state index in [1.807, 2.05) is 0 Å². The fraction of sp³-hybridized carbons (Fsp3) is 0.750. The fourth-order valence-corrected chi connectivity index (χ4v) is 1.22. The van der Waals surface area contributed by atoms with Crippen LogP contribution in [0.1, 0.15) is 25.7 Å². The summed E-state index contributed by atoms with van der Waals surface area (Å²) in [7, 11) is 0. The number of aliphatic carboxylic acids is 2. The van der Waals surface area contributed by atoms with Crippen LogP contribution in [0.2, 0.25) is 0 Å². The van der Waals surface area contributed by atoms with Crippen LogP contribution in [0.3, 0.4) is 0 Å². The van der Waals surface area contributed by atoms with E-state index < -0.39 is 17.5 Å². The van der Waals surface area contributed by atoms with Crippen molar-refractivity contribution in [1.29, 1.82) is 0 Å². The van der Waals surface area contributed by atoms with Gasteiger partial charge in [-0.3, -0.25) is 9.59 Å². The van der Waals surface area contributed by atoms with Crippen LogP contribution < -0.4 is 11.5 Å². The molecule has 0 heterocycles. The summed E-state index contributed by atoms with van der Waals surface area (Å²) >= 11 is 0. The topological polar surface area (TPSA) is 127 Å². The average Bonchev–Trinajstić information content (AvgIpc) is 2.54. The number of hydrogen-bond donors (Lipinski definition) is 4. The number of carbonyl (C=O) groups is 2. The predicted octanol–water partition coefficient (Wildman–Crippen LogP) is -0.628. The Bertz CT molecular complexity index is 211. The fourth-order valence-electron chi connectivity index (χ4n) is 1.22. The predicted molar refractivity (Wildman–Crippen MR) is 49.7 cm³/mol. The highest BCUT2D eigenvalue weighted by Crippen LogP contribution is 2.26. The summed E-state index contributed by atoms with van der Waals surface area (Å²) < 4.78 is 0. The molecule has 0 saturated heterocycles. The highest BCUT2D eigenvalue weighted by atomic mass is 16.4. The van der Waals surface area contributed by atoms with Gasteiger partial charge in [0.15, 0.2) is 0 Å². The summed E-state index contributed by atoms with van der Waals surface area (Å²) in [6.45, 7) is -0.278. The Balaban J connectivity index is 0.000000292. The third kappa shape index (κ3) is 4.20. The molecule has 14 heavy (non-hydrogen) atoms. The van der Waals surface area contributed by atoms with E-state index >= 15 is 0 Å². The van der Waals surface area contributed by atoms with Crippen molar-refractivity contribution in [3.63, 3.8) is 0 Å². The zero-order valence-corrected chi connectivity index (χ0v) is 7.90. The molecular formula is C8H16N2O4. The van der Waals surface area contributed by atoms with E-state index in [-0.39, 0.29) is 6.54 Å². The zero-order chi connectivity index (χ0) is 11.2. The van der Waals surface area contributed by atoms with Crippen molar-refractivity contribution < 1.29 is 19.8 Å². The molecule has 0 amide bonds. The first-order chi connectivity index (χ1) is 6.42. The van der Waals surface area contributed by atoms with Crippen LogP contribution in [0.25, 0.3) is 0 Å². The number of carboxylic acid groups (broad SMARTS) is 2. The zero-order valence-electron chi connectivity index (χ0n) is 7.90. The van der Waals surface area contributed by atoms with Crippen molar-refractivity contribution in [2.24, 2.45) is 11.5 Å². The molecule has 1 aliphatic carbocycles. The van der Waals surface area contributed by atoms with Crippen molar-refractivity contribution in [2.45, 2.75) is 31.2 Å². The summed E-state index contributed by atoms with van der Waals surface area (Å²) in [5.41, 5.74) is 9.19. The second kappa shape index (κ2) is 5.56. The number of rotatable bonds is 2. The maximum absolute atomic E-state index is 10.4. The Morgan fingerprint density at radius 2 is 1.57 bits per heavy atom. The maximum atomic E-state index is 10.4. The Morgan fingerprint density at radius 3 is 1.71 bits per heavy atom. The molecule has 6 nitrogen and oxygen atoms in total. The van der Waals surface area contributed by atoms with E-state index in [4.69, 9.17) is 15.9 Å². The minimum Gasteiger partial charge on any atom is -0.480 e. The molecule has 82 valence electrons. The van der Waals surface area contributed by atoms with Crippen LogP contribution in [0, 0.1) is 0 Å². The van der Waals surface area contributed by atoms with E-state index in [9.17, 15) is 9.59 Å². The van der Waals surface area contributed by atoms with E-state index in [2.05, 4.69) is 5.73 Å². The number of nitrogens with two attached hydrogens (primary N) is 2. The van der Waals surface area contributed by atoms with Crippen molar-refractivity contribution in [2.75, 3.05) is 6.54 Å². The average molecular weight is 204 g/mol. The lowest BCUT2D eigenvalue weighted by atomic mass is 10.0. The van der Waals surface area contributed by atoms with Crippen LogP contribution in [0.15, 0.2) is 0 Å². The van der Waals surface area contributed by atoms with E-state index in [1.54, 1.807) is 0 Å². The molecule has 0 spiro atoms. The molecule has 0 aromatic carbocycles. The number of carboxylic acids is 2. The van der Waals surface area contributed by atoms with Gasteiger partial charge in [0.2, 0.25) is 0 Å². The van der Waals surface area contributed by atoms with Crippen LogP contribution >= 0.6 is 0 Å². The minimum absolute atomic E-state index is 0.278. The van der Waals surface area contributed by atoms with Gasteiger partial charge in [-0.2, -0.15) is 0 Å². The Labute approximate surface area is 81.9 Å².